The minimum absolute atomic E-state index is 0.193. The highest BCUT2D eigenvalue weighted by Gasteiger charge is 2.21. The Morgan fingerprint density at radius 1 is 0.719 bits per heavy atom. The smallest absolute Gasteiger partial charge is 0.268 e. The summed E-state index contributed by atoms with van der Waals surface area (Å²) in [6.07, 6.45) is 1.70. The van der Waals surface area contributed by atoms with Gasteiger partial charge in [0, 0.05) is 10.4 Å². The molecular formula is C27H22N2O2S. The van der Waals surface area contributed by atoms with Crippen molar-refractivity contribution in [2.24, 2.45) is 0 Å². The fourth-order valence-electron chi connectivity index (χ4n) is 3.32. The Bertz CT molecular complexity index is 1150. The fraction of sp³-hybridized carbons (Fsp3) is 0.0370. The lowest BCUT2D eigenvalue weighted by molar-refractivity contribution is -0.118. The van der Waals surface area contributed by atoms with Gasteiger partial charge in [-0.05, 0) is 40.8 Å². The monoisotopic (exact) mass is 438 g/mol. The number of rotatable bonds is 7. The van der Waals surface area contributed by atoms with Gasteiger partial charge in [-0.1, -0.05) is 84.9 Å². The third kappa shape index (κ3) is 5.39. The third-order valence-electron chi connectivity index (χ3n) is 4.90. The maximum atomic E-state index is 13.4. The van der Waals surface area contributed by atoms with Crippen molar-refractivity contribution in [3.8, 4) is 0 Å². The molecule has 0 saturated heterocycles. The highest BCUT2D eigenvalue weighted by Crippen LogP contribution is 2.22. The lowest BCUT2D eigenvalue weighted by Gasteiger charge is -2.21. The molecule has 32 heavy (non-hydrogen) atoms. The van der Waals surface area contributed by atoms with Gasteiger partial charge < -0.3 is 10.6 Å². The minimum atomic E-state index is -0.361. The number of hydrogen-bond donors (Lipinski definition) is 2. The van der Waals surface area contributed by atoms with Gasteiger partial charge in [0.15, 0.2) is 0 Å². The molecule has 0 bridgehead atoms. The van der Waals surface area contributed by atoms with Crippen LogP contribution in [0.3, 0.4) is 0 Å². The molecule has 5 heteroatoms. The van der Waals surface area contributed by atoms with E-state index in [0.717, 1.165) is 16.0 Å². The molecule has 4 rings (SSSR count). The van der Waals surface area contributed by atoms with Crippen molar-refractivity contribution in [3.05, 3.63) is 136 Å². The van der Waals surface area contributed by atoms with Crippen LogP contribution in [0, 0.1) is 0 Å². The van der Waals surface area contributed by atoms with E-state index in [1.165, 1.54) is 11.3 Å². The number of carbonyl (C=O) groups is 2. The molecule has 0 fully saturated rings. The van der Waals surface area contributed by atoms with Crippen molar-refractivity contribution in [1.82, 2.24) is 10.6 Å². The summed E-state index contributed by atoms with van der Waals surface area (Å²) in [4.78, 5) is 27.1. The Hall–Kier alpha value is -3.96. The standard InChI is InChI=1S/C27H22N2O2S/c30-26(22-15-8-3-9-16-22)28-24(19-23-17-10-18-32-23)27(31)29-25(20-11-4-1-5-12-20)21-13-6-2-7-14-21/h1-19,25H,(H,28,30)(H,29,31)/b24-19-. The first-order chi connectivity index (χ1) is 15.7. The molecule has 0 atom stereocenters. The maximum absolute atomic E-state index is 13.4. The Labute approximate surface area is 191 Å². The van der Waals surface area contributed by atoms with Crippen LogP contribution in [0.15, 0.2) is 114 Å². The van der Waals surface area contributed by atoms with Crippen LogP contribution in [-0.4, -0.2) is 11.8 Å². The van der Waals surface area contributed by atoms with E-state index in [2.05, 4.69) is 10.6 Å². The molecule has 4 nitrogen and oxygen atoms in total. The van der Waals surface area contributed by atoms with E-state index < -0.39 is 0 Å². The van der Waals surface area contributed by atoms with Crippen molar-refractivity contribution in [1.29, 1.82) is 0 Å². The zero-order chi connectivity index (χ0) is 22.2. The Morgan fingerprint density at radius 3 is 1.81 bits per heavy atom. The van der Waals surface area contributed by atoms with Crippen molar-refractivity contribution in [2.45, 2.75) is 6.04 Å². The van der Waals surface area contributed by atoms with E-state index in [1.807, 2.05) is 84.2 Å². The third-order valence-corrected chi connectivity index (χ3v) is 5.72. The molecule has 0 radical (unpaired) electrons. The Kier molecular flexibility index (Phi) is 6.90. The summed E-state index contributed by atoms with van der Waals surface area (Å²) in [5.74, 6) is -0.695. The van der Waals surface area contributed by atoms with Crippen molar-refractivity contribution in [2.75, 3.05) is 0 Å². The van der Waals surface area contributed by atoms with E-state index in [0.29, 0.717) is 5.56 Å². The molecule has 1 aromatic heterocycles. The Morgan fingerprint density at radius 2 is 1.28 bits per heavy atom. The van der Waals surface area contributed by atoms with Crippen molar-refractivity contribution >= 4 is 29.2 Å². The first kappa shape index (κ1) is 21.3. The van der Waals surface area contributed by atoms with Crippen LogP contribution in [0.4, 0.5) is 0 Å². The van der Waals surface area contributed by atoms with Gasteiger partial charge in [-0.15, -0.1) is 11.3 Å². The van der Waals surface area contributed by atoms with Gasteiger partial charge in [0.2, 0.25) is 0 Å². The normalized spacial score (nSPS) is 11.2. The Balaban J connectivity index is 1.64. The zero-order valence-electron chi connectivity index (χ0n) is 17.3. The minimum Gasteiger partial charge on any atom is -0.340 e. The van der Waals surface area contributed by atoms with Crippen molar-refractivity contribution in [3.63, 3.8) is 0 Å². The van der Waals surface area contributed by atoms with Crippen LogP contribution in [0.1, 0.15) is 32.4 Å². The van der Waals surface area contributed by atoms with Gasteiger partial charge in [0.1, 0.15) is 5.70 Å². The van der Waals surface area contributed by atoms with Crippen LogP contribution in [0.25, 0.3) is 6.08 Å². The SMILES string of the molecule is O=C(NC(c1ccccc1)c1ccccc1)/C(=C/c1cccs1)NC(=O)c1ccccc1. The first-order valence-corrected chi connectivity index (χ1v) is 11.1. The van der Waals surface area contributed by atoms with Gasteiger partial charge in [0.05, 0.1) is 6.04 Å². The topological polar surface area (TPSA) is 58.2 Å². The van der Waals surface area contributed by atoms with Gasteiger partial charge in [-0.3, -0.25) is 9.59 Å². The van der Waals surface area contributed by atoms with E-state index in [4.69, 9.17) is 0 Å². The van der Waals surface area contributed by atoms with E-state index in [1.54, 1.807) is 30.3 Å². The molecular weight excluding hydrogens is 416 g/mol. The quantitative estimate of drug-likeness (QED) is 0.378. The van der Waals surface area contributed by atoms with Crippen molar-refractivity contribution < 1.29 is 9.59 Å². The summed E-state index contributed by atoms with van der Waals surface area (Å²) in [7, 11) is 0. The average molecular weight is 439 g/mol. The number of nitrogens with one attached hydrogen (secondary N) is 2. The summed E-state index contributed by atoms with van der Waals surface area (Å²) < 4.78 is 0. The molecule has 0 spiro atoms. The second-order valence-electron chi connectivity index (χ2n) is 7.12. The lowest BCUT2D eigenvalue weighted by atomic mass is 9.98. The molecule has 0 aliphatic carbocycles. The summed E-state index contributed by atoms with van der Waals surface area (Å²) in [6, 6.07) is 31.9. The van der Waals surface area contributed by atoms with Gasteiger partial charge >= 0.3 is 0 Å². The van der Waals surface area contributed by atoms with E-state index in [-0.39, 0.29) is 23.6 Å². The number of benzene rings is 3. The predicted octanol–water partition coefficient (Wildman–Crippen LogP) is 5.42. The highest BCUT2D eigenvalue weighted by molar-refractivity contribution is 7.10. The highest BCUT2D eigenvalue weighted by atomic mass is 32.1. The number of thiophene rings is 1. The molecule has 0 aliphatic heterocycles. The number of hydrogen-bond acceptors (Lipinski definition) is 3. The van der Waals surface area contributed by atoms with Gasteiger partial charge in [-0.25, -0.2) is 0 Å². The molecule has 2 N–H and O–H groups in total. The zero-order valence-corrected chi connectivity index (χ0v) is 18.1. The maximum Gasteiger partial charge on any atom is 0.268 e. The largest absolute Gasteiger partial charge is 0.340 e. The van der Waals surface area contributed by atoms with Crippen LogP contribution in [0.2, 0.25) is 0 Å². The lowest BCUT2D eigenvalue weighted by Crippen LogP contribution is -2.37. The molecule has 2 amide bonds. The van der Waals surface area contributed by atoms with Crippen LogP contribution in [-0.2, 0) is 4.79 Å². The predicted molar refractivity (Wildman–Crippen MR) is 129 cm³/mol. The molecule has 158 valence electrons. The van der Waals surface area contributed by atoms with Gasteiger partial charge in [-0.2, -0.15) is 0 Å². The summed E-state index contributed by atoms with van der Waals surface area (Å²) >= 11 is 1.50. The fourth-order valence-corrected chi connectivity index (χ4v) is 3.97. The first-order valence-electron chi connectivity index (χ1n) is 10.2. The second kappa shape index (κ2) is 10.4. The number of amides is 2. The number of carbonyl (C=O) groups excluding carboxylic acids is 2. The summed E-state index contributed by atoms with van der Waals surface area (Å²) in [5, 5.41) is 7.83. The second-order valence-corrected chi connectivity index (χ2v) is 8.10. The molecule has 0 saturated carbocycles. The molecule has 0 aliphatic rings. The van der Waals surface area contributed by atoms with E-state index in [9.17, 15) is 9.59 Å². The van der Waals surface area contributed by atoms with E-state index >= 15 is 0 Å². The molecule has 4 aromatic rings. The van der Waals surface area contributed by atoms with Crippen LogP contribution in [0.5, 0.6) is 0 Å². The van der Waals surface area contributed by atoms with Crippen LogP contribution < -0.4 is 10.6 Å². The molecule has 1 heterocycles. The summed E-state index contributed by atoms with van der Waals surface area (Å²) in [6.45, 7) is 0. The average Bonchev–Trinajstić information content (AvgIpc) is 3.37. The summed E-state index contributed by atoms with van der Waals surface area (Å²) in [5.41, 5.74) is 2.59. The van der Waals surface area contributed by atoms with Crippen LogP contribution >= 0.6 is 11.3 Å². The van der Waals surface area contributed by atoms with Gasteiger partial charge in [0.25, 0.3) is 11.8 Å². The molecule has 3 aromatic carbocycles. The molecule has 0 unspecified atom stereocenters.